The van der Waals surface area contributed by atoms with Crippen molar-refractivity contribution in [2.75, 3.05) is 0 Å². The fraction of sp³-hybridized carbons (Fsp3) is 0.417. The van der Waals surface area contributed by atoms with Gasteiger partial charge in [-0.15, -0.1) is 0 Å². The molecule has 0 fully saturated rings. The van der Waals surface area contributed by atoms with Crippen LogP contribution in [0.4, 0.5) is 0 Å². The minimum atomic E-state index is -2.03. The molecule has 0 aromatic carbocycles. The zero-order chi connectivity index (χ0) is 13.8. The second-order valence-corrected chi connectivity index (χ2v) is 4.23. The summed E-state index contributed by atoms with van der Waals surface area (Å²) in [7, 11) is 0. The van der Waals surface area contributed by atoms with Crippen molar-refractivity contribution in [2.45, 2.75) is 26.0 Å². The molecule has 6 heteroatoms. The van der Waals surface area contributed by atoms with Crippen molar-refractivity contribution in [2.24, 2.45) is 11.7 Å². The first kappa shape index (κ1) is 14.1. The summed E-state index contributed by atoms with van der Waals surface area (Å²) in [6, 6.07) is 5.14. The Balaban J connectivity index is 2.73. The number of hydrogen-bond donors (Lipinski definition) is 2. The predicted molar refractivity (Wildman–Crippen MR) is 63.4 cm³/mol. The van der Waals surface area contributed by atoms with Crippen molar-refractivity contribution < 1.29 is 19.4 Å². The number of esters is 1. The van der Waals surface area contributed by atoms with Gasteiger partial charge < -0.3 is 15.6 Å². The molecule has 0 aliphatic rings. The number of carbonyl (C=O) groups is 2. The van der Waals surface area contributed by atoms with Crippen molar-refractivity contribution >= 4 is 11.9 Å². The van der Waals surface area contributed by atoms with E-state index < -0.39 is 23.4 Å². The maximum atomic E-state index is 11.8. The fourth-order valence-corrected chi connectivity index (χ4v) is 1.31. The second kappa shape index (κ2) is 5.59. The smallest absolute Gasteiger partial charge is 0.338 e. The van der Waals surface area contributed by atoms with Gasteiger partial charge in [-0.3, -0.25) is 4.98 Å². The molecule has 6 nitrogen and oxygen atoms in total. The average Bonchev–Trinajstić information content (AvgIpc) is 2.35. The quantitative estimate of drug-likeness (QED) is 0.586. The van der Waals surface area contributed by atoms with Gasteiger partial charge in [-0.1, -0.05) is 19.9 Å². The lowest BCUT2D eigenvalue weighted by Gasteiger charge is -2.26. The first-order chi connectivity index (χ1) is 8.39. The molecule has 18 heavy (non-hydrogen) atoms. The Labute approximate surface area is 105 Å². The summed E-state index contributed by atoms with van der Waals surface area (Å²) in [6.07, 6.45) is 1.55. The standard InChI is InChI=1S/C12H16N2O4/c1-8(2)12(13,10(15)16)11(17)18-7-9-5-3-4-6-14-9/h3-6,8H,7,13H2,1-2H3,(H,15,16)/t12-/m0/s1. The zero-order valence-corrected chi connectivity index (χ0v) is 10.3. The monoisotopic (exact) mass is 252 g/mol. The molecular weight excluding hydrogens is 236 g/mol. The Morgan fingerprint density at radius 2 is 2.17 bits per heavy atom. The number of carboxylic acids is 1. The summed E-state index contributed by atoms with van der Waals surface area (Å²) in [6.45, 7) is 3.00. The van der Waals surface area contributed by atoms with Gasteiger partial charge in [0, 0.05) is 6.20 Å². The lowest BCUT2D eigenvalue weighted by molar-refractivity contribution is -0.164. The SMILES string of the molecule is CC(C)[C@](N)(C(=O)O)C(=O)OCc1ccccn1. The summed E-state index contributed by atoms with van der Waals surface area (Å²) in [5.41, 5.74) is 4.09. The Bertz CT molecular complexity index is 433. The molecule has 0 saturated carbocycles. The normalized spacial score (nSPS) is 14.0. The number of nitrogens with two attached hydrogens (primary N) is 1. The molecule has 0 bridgehead atoms. The molecule has 98 valence electrons. The molecule has 1 aromatic rings. The highest BCUT2D eigenvalue weighted by atomic mass is 16.5. The summed E-state index contributed by atoms with van der Waals surface area (Å²) >= 11 is 0. The van der Waals surface area contributed by atoms with Crippen LogP contribution >= 0.6 is 0 Å². The largest absolute Gasteiger partial charge is 0.479 e. The molecule has 0 saturated heterocycles. The molecule has 1 aromatic heterocycles. The van der Waals surface area contributed by atoms with Crippen molar-refractivity contribution in [3.05, 3.63) is 30.1 Å². The van der Waals surface area contributed by atoms with E-state index >= 15 is 0 Å². The van der Waals surface area contributed by atoms with Gasteiger partial charge in [-0.25, -0.2) is 9.59 Å². The molecular formula is C12H16N2O4. The van der Waals surface area contributed by atoms with Crippen molar-refractivity contribution in [3.8, 4) is 0 Å². The Hall–Kier alpha value is -1.95. The molecule has 1 atom stereocenters. The van der Waals surface area contributed by atoms with E-state index in [1.165, 1.54) is 0 Å². The van der Waals surface area contributed by atoms with Crippen LogP contribution in [0.5, 0.6) is 0 Å². The number of carboxylic acid groups (broad SMARTS) is 1. The summed E-state index contributed by atoms with van der Waals surface area (Å²) < 4.78 is 4.91. The van der Waals surface area contributed by atoms with Crippen molar-refractivity contribution in [3.63, 3.8) is 0 Å². The number of rotatable bonds is 5. The highest BCUT2D eigenvalue weighted by Crippen LogP contribution is 2.17. The lowest BCUT2D eigenvalue weighted by Crippen LogP contribution is -2.59. The molecule has 0 amide bonds. The average molecular weight is 252 g/mol. The van der Waals surface area contributed by atoms with Gasteiger partial charge in [-0.2, -0.15) is 0 Å². The van der Waals surface area contributed by atoms with E-state index in [-0.39, 0.29) is 6.61 Å². The molecule has 0 radical (unpaired) electrons. The molecule has 3 N–H and O–H groups in total. The number of hydrogen-bond acceptors (Lipinski definition) is 5. The van der Waals surface area contributed by atoms with Crippen LogP contribution in [0.25, 0.3) is 0 Å². The van der Waals surface area contributed by atoms with Crippen molar-refractivity contribution in [1.82, 2.24) is 4.98 Å². The van der Waals surface area contributed by atoms with E-state index in [0.717, 1.165) is 0 Å². The molecule has 1 rings (SSSR count). The third-order valence-electron chi connectivity index (χ3n) is 2.68. The van der Waals surface area contributed by atoms with Gasteiger partial charge in [0.05, 0.1) is 5.69 Å². The number of pyridine rings is 1. The summed E-state index contributed by atoms with van der Waals surface area (Å²) in [4.78, 5) is 26.8. The maximum absolute atomic E-state index is 11.8. The van der Waals surface area contributed by atoms with E-state index in [1.54, 1.807) is 38.2 Å². The van der Waals surface area contributed by atoms with Gasteiger partial charge in [0.2, 0.25) is 5.54 Å². The molecule has 0 aliphatic carbocycles. The van der Waals surface area contributed by atoms with Crippen molar-refractivity contribution in [1.29, 1.82) is 0 Å². The van der Waals surface area contributed by atoms with Gasteiger partial charge in [0.25, 0.3) is 0 Å². The number of aliphatic carboxylic acids is 1. The van der Waals surface area contributed by atoms with Gasteiger partial charge in [0.1, 0.15) is 6.61 Å². The fourth-order valence-electron chi connectivity index (χ4n) is 1.31. The van der Waals surface area contributed by atoms with Crippen LogP contribution in [0, 0.1) is 5.92 Å². The first-order valence-electron chi connectivity index (χ1n) is 5.48. The minimum absolute atomic E-state index is 0.0986. The van der Waals surface area contributed by atoms with Crippen LogP contribution in [-0.4, -0.2) is 27.6 Å². The Morgan fingerprint density at radius 1 is 1.50 bits per heavy atom. The number of carbonyl (C=O) groups excluding carboxylic acids is 1. The van der Waals surface area contributed by atoms with Crippen LogP contribution < -0.4 is 5.73 Å². The molecule has 0 aliphatic heterocycles. The third-order valence-corrected chi connectivity index (χ3v) is 2.68. The highest BCUT2D eigenvalue weighted by Gasteiger charge is 2.47. The third kappa shape index (κ3) is 2.84. The molecule has 0 unspecified atom stereocenters. The van der Waals surface area contributed by atoms with Crippen LogP contribution in [0.1, 0.15) is 19.5 Å². The maximum Gasteiger partial charge on any atom is 0.338 e. The van der Waals surface area contributed by atoms with E-state index in [0.29, 0.717) is 5.69 Å². The second-order valence-electron chi connectivity index (χ2n) is 4.23. The number of ether oxygens (including phenoxy) is 1. The number of aromatic nitrogens is 1. The topological polar surface area (TPSA) is 103 Å². The summed E-state index contributed by atoms with van der Waals surface area (Å²) in [5.74, 6) is -2.94. The summed E-state index contributed by atoms with van der Waals surface area (Å²) in [5, 5.41) is 9.03. The van der Waals surface area contributed by atoms with Crippen LogP contribution in [0.3, 0.4) is 0 Å². The lowest BCUT2D eigenvalue weighted by atomic mass is 9.88. The molecule has 0 spiro atoms. The molecule has 1 heterocycles. The van der Waals surface area contributed by atoms with E-state index in [9.17, 15) is 9.59 Å². The van der Waals surface area contributed by atoms with Gasteiger partial charge in [-0.05, 0) is 18.1 Å². The van der Waals surface area contributed by atoms with Crippen LogP contribution in [0.2, 0.25) is 0 Å². The Kier molecular flexibility index (Phi) is 4.38. The van der Waals surface area contributed by atoms with Gasteiger partial charge >= 0.3 is 11.9 Å². The number of nitrogens with zero attached hydrogens (tertiary/aromatic N) is 1. The van der Waals surface area contributed by atoms with Crippen LogP contribution in [0.15, 0.2) is 24.4 Å². The highest BCUT2D eigenvalue weighted by molar-refractivity contribution is 6.04. The van der Waals surface area contributed by atoms with E-state index in [1.807, 2.05) is 0 Å². The predicted octanol–water partition coefficient (Wildman–Crippen LogP) is 0.563. The van der Waals surface area contributed by atoms with Crippen LogP contribution in [-0.2, 0) is 20.9 Å². The zero-order valence-electron chi connectivity index (χ0n) is 10.3. The first-order valence-corrected chi connectivity index (χ1v) is 5.48. The van der Waals surface area contributed by atoms with E-state index in [4.69, 9.17) is 15.6 Å². The van der Waals surface area contributed by atoms with Gasteiger partial charge in [0.15, 0.2) is 0 Å². The Morgan fingerprint density at radius 3 is 2.61 bits per heavy atom. The van der Waals surface area contributed by atoms with E-state index in [2.05, 4.69) is 4.98 Å². The minimum Gasteiger partial charge on any atom is -0.479 e.